The van der Waals surface area contributed by atoms with E-state index in [9.17, 15) is 0 Å². The Labute approximate surface area is 120 Å². The Hall–Kier alpha value is -1.62. The van der Waals surface area contributed by atoms with Crippen LogP contribution in [0.3, 0.4) is 0 Å². The van der Waals surface area contributed by atoms with Crippen LogP contribution in [-0.2, 0) is 0 Å². The van der Waals surface area contributed by atoms with Crippen LogP contribution in [0, 0.1) is 13.8 Å². The molecule has 1 aliphatic rings. The molecule has 3 heterocycles. The average Bonchev–Trinajstić information content (AvgIpc) is 2.95. The highest BCUT2D eigenvalue weighted by Crippen LogP contribution is 2.18. The molecule has 1 saturated heterocycles. The van der Waals surface area contributed by atoms with E-state index < -0.39 is 0 Å². The Morgan fingerprint density at radius 1 is 1.30 bits per heavy atom. The maximum Gasteiger partial charge on any atom is 0.157 e. The number of hydrogen-bond donors (Lipinski definition) is 1. The monoisotopic (exact) mass is 273 g/mol. The molecule has 3 rings (SSSR count). The van der Waals surface area contributed by atoms with Gasteiger partial charge in [0.2, 0.25) is 0 Å². The molecule has 0 bridgehead atoms. The van der Waals surface area contributed by atoms with E-state index in [1.165, 1.54) is 25.8 Å². The Morgan fingerprint density at radius 2 is 2.15 bits per heavy atom. The molecule has 2 aromatic rings. The number of nitrogens with one attached hydrogen (secondary N) is 1. The topological polar surface area (TPSA) is 45.5 Å². The van der Waals surface area contributed by atoms with Crippen molar-refractivity contribution < 1.29 is 0 Å². The van der Waals surface area contributed by atoms with Gasteiger partial charge in [-0.2, -0.15) is 9.61 Å². The van der Waals surface area contributed by atoms with Crippen molar-refractivity contribution in [1.82, 2.24) is 19.5 Å². The van der Waals surface area contributed by atoms with Crippen molar-refractivity contribution in [2.24, 2.45) is 0 Å². The van der Waals surface area contributed by atoms with Gasteiger partial charge in [-0.1, -0.05) is 0 Å². The predicted octanol–water partition coefficient (Wildman–Crippen LogP) is 2.24. The molecule has 2 aromatic heterocycles. The zero-order valence-electron chi connectivity index (χ0n) is 12.6. The molecule has 1 fully saturated rings. The summed E-state index contributed by atoms with van der Waals surface area (Å²) in [5, 5.41) is 8.02. The standard InChI is InChI=1S/C15H23N5/c1-11-9-14(20-15(17-11)10-12(2)18-20)16-7-6-13-5-4-8-19(13)3/h9-10,13,16H,4-8H2,1-3H3/t13-/m1/s1. The molecule has 108 valence electrons. The first kappa shape index (κ1) is 13.4. The number of hydrogen-bond acceptors (Lipinski definition) is 4. The van der Waals surface area contributed by atoms with E-state index in [-0.39, 0.29) is 0 Å². The van der Waals surface area contributed by atoms with Crippen LogP contribution in [0.1, 0.15) is 30.7 Å². The van der Waals surface area contributed by atoms with E-state index in [1.807, 2.05) is 24.4 Å². The van der Waals surface area contributed by atoms with E-state index in [0.717, 1.165) is 35.4 Å². The van der Waals surface area contributed by atoms with Gasteiger partial charge in [-0.05, 0) is 46.7 Å². The van der Waals surface area contributed by atoms with Crippen molar-refractivity contribution >= 4 is 11.5 Å². The van der Waals surface area contributed by atoms with Crippen molar-refractivity contribution in [3.05, 3.63) is 23.5 Å². The highest BCUT2D eigenvalue weighted by molar-refractivity contribution is 5.50. The Bertz CT molecular complexity index is 604. The second-order valence-electron chi connectivity index (χ2n) is 5.83. The molecule has 0 aromatic carbocycles. The minimum absolute atomic E-state index is 0.722. The Balaban J connectivity index is 1.70. The SMILES string of the molecule is Cc1cc(NCC[C@H]2CCCN2C)n2nc(C)cc2n1. The van der Waals surface area contributed by atoms with Gasteiger partial charge in [0.1, 0.15) is 5.82 Å². The van der Waals surface area contributed by atoms with E-state index in [2.05, 4.69) is 33.4 Å². The van der Waals surface area contributed by atoms with Gasteiger partial charge in [0.25, 0.3) is 0 Å². The summed E-state index contributed by atoms with van der Waals surface area (Å²) in [6.07, 6.45) is 3.83. The Kier molecular flexibility index (Phi) is 3.61. The lowest BCUT2D eigenvalue weighted by Crippen LogP contribution is -2.27. The van der Waals surface area contributed by atoms with Crippen LogP contribution < -0.4 is 5.32 Å². The van der Waals surface area contributed by atoms with Crippen LogP contribution in [0.4, 0.5) is 5.82 Å². The molecular weight excluding hydrogens is 250 g/mol. The third-order valence-electron chi connectivity index (χ3n) is 4.13. The summed E-state index contributed by atoms with van der Waals surface area (Å²) in [7, 11) is 2.23. The normalized spacial score (nSPS) is 19.9. The van der Waals surface area contributed by atoms with Crippen LogP contribution in [0.25, 0.3) is 5.65 Å². The van der Waals surface area contributed by atoms with Gasteiger partial charge in [0.05, 0.1) is 5.69 Å². The van der Waals surface area contributed by atoms with Crippen LogP contribution in [0.15, 0.2) is 12.1 Å². The van der Waals surface area contributed by atoms with Crippen LogP contribution >= 0.6 is 0 Å². The fourth-order valence-electron chi connectivity index (χ4n) is 3.05. The maximum absolute atomic E-state index is 4.51. The van der Waals surface area contributed by atoms with Gasteiger partial charge >= 0.3 is 0 Å². The summed E-state index contributed by atoms with van der Waals surface area (Å²) in [6, 6.07) is 4.81. The van der Waals surface area contributed by atoms with Crippen LogP contribution in [-0.4, -0.2) is 45.7 Å². The number of aryl methyl sites for hydroxylation is 2. The second kappa shape index (κ2) is 5.40. The molecule has 1 aliphatic heterocycles. The van der Waals surface area contributed by atoms with E-state index in [1.54, 1.807) is 0 Å². The number of anilines is 1. The zero-order chi connectivity index (χ0) is 14.1. The average molecular weight is 273 g/mol. The molecule has 5 heteroatoms. The Morgan fingerprint density at radius 3 is 2.90 bits per heavy atom. The van der Waals surface area contributed by atoms with Crippen molar-refractivity contribution in [3.8, 4) is 0 Å². The molecule has 1 N–H and O–H groups in total. The molecule has 0 unspecified atom stereocenters. The summed E-state index contributed by atoms with van der Waals surface area (Å²) in [5.41, 5.74) is 2.95. The van der Waals surface area contributed by atoms with Gasteiger partial charge in [-0.15, -0.1) is 0 Å². The van der Waals surface area contributed by atoms with Gasteiger partial charge in [-0.25, -0.2) is 4.98 Å². The highest BCUT2D eigenvalue weighted by atomic mass is 15.3. The molecule has 0 amide bonds. The van der Waals surface area contributed by atoms with Crippen LogP contribution in [0.2, 0.25) is 0 Å². The van der Waals surface area contributed by atoms with Gasteiger partial charge in [-0.3, -0.25) is 0 Å². The fourth-order valence-corrected chi connectivity index (χ4v) is 3.05. The first-order valence-corrected chi connectivity index (χ1v) is 7.41. The third-order valence-corrected chi connectivity index (χ3v) is 4.13. The second-order valence-corrected chi connectivity index (χ2v) is 5.83. The summed E-state index contributed by atoms with van der Waals surface area (Å²) < 4.78 is 1.90. The summed E-state index contributed by atoms with van der Waals surface area (Å²) in [6.45, 7) is 6.24. The first-order valence-electron chi connectivity index (χ1n) is 7.41. The third kappa shape index (κ3) is 2.63. The van der Waals surface area contributed by atoms with E-state index >= 15 is 0 Å². The summed E-state index contributed by atoms with van der Waals surface area (Å²) in [4.78, 5) is 6.97. The summed E-state index contributed by atoms with van der Waals surface area (Å²) >= 11 is 0. The number of rotatable bonds is 4. The van der Waals surface area contributed by atoms with Crippen molar-refractivity contribution in [2.45, 2.75) is 39.2 Å². The molecule has 5 nitrogen and oxygen atoms in total. The van der Waals surface area contributed by atoms with Crippen molar-refractivity contribution in [1.29, 1.82) is 0 Å². The van der Waals surface area contributed by atoms with Crippen molar-refractivity contribution in [2.75, 3.05) is 25.5 Å². The molecule has 0 saturated carbocycles. The maximum atomic E-state index is 4.51. The zero-order valence-corrected chi connectivity index (χ0v) is 12.6. The number of fused-ring (bicyclic) bond motifs is 1. The van der Waals surface area contributed by atoms with E-state index in [4.69, 9.17) is 0 Å². The van der Waals surface area contributed by atoms with Gasteiger partial charge in [0, 0.05) is 30.4 Å². The number of likely N-dealkylation sites (tertiary alicyclic amines) is 1. The minimum Gasteiger partial charge on any atom is -0.370 e. The smallest absolute Gasteiger partial charge is 0.157 e. The highest BCUT2D eigenvalue weighted by Gasteiger charge is 2.20. The lowest BCUT2D eigenvalue weighted by atomic mass is 10.1. The van der Waals surface area contributed by atoms with Crippen LogP contribution in [0.5, 0.6) is 0 Å². The van der Waals surface area contributed by atoms with Gasteiger partial charge in [0.15, 0.2) is 5.65 Å². The predicted molar refractivity (Wildman–Crippen MR) is 81.2 cm³/mol. The number of aromatic nitrogens is 3. The lowest BCUT2D eigenvalue weighted by Gasteiger charge is -2.19. The first-order chi connectivity index (χ1) is 9.63. The van der Waals surface area contributed by atoms with Gasteiger partial charge < -0.3 is 10.2 Å². The molecule has 20 heavy (non-hydrogen) atoms. The van der Waals surface area contributed by atoms with E-state index in [0.29, 0.717) is 0 Å². The quantitative estimate of drug-likeness (QED) is 0.928. The summed E-state index contributed by atoms with van der Waals surface area (Å²) in [5.74, 6) is 1.04. The molecule has 1 atom stereocenters. The lowest BCUT2D eigenvalue weighted by molar-refractivity contribution is 0.301. The molecule has 0 spiro atoms. The molecule has 0 aliphatic carbocycles. The molecular formula is C15H23N5. The number of nitrogens with zero attached hydrogens (tertiary/aromatic N) is 4. The van der Waals surface area contributed by atoms with Crippen molar-refractivity contribution in [3.63, 3.8) is 0 Å². The molecule has 0 radical (unpaired) electrons. The minimum atomic E-state index is 0.722. The largest absolute Gasteiger partial charge is 0.370 e. The fraction of sp³-hybridized carbons (Fsp3) is 0.600.